The molecule has 0 unspecified atom stereocenters. The van der Waals surface area contributed by atoms with Gasteiger partial charge in [-0.3, -0.25) is 9.10 Å². The van der Waals surface area contributed by atoms with E-state index in [1.54, 1.807) is 36.4 Å². The maximum absolute atomic E-state index is 13.0. The number of hydrogen-bond donors (Lipinski definition) is 1. The fraction of sp³-hybridized carbons (Fsp3) is 0.174. The molecule has 0 atom stereocenters. The first-order valence-electron chi connectivity index (χ1n) is 9.34. The molecule has 0 spiro atoms. The highest BCUT2D eigenvalue weighted by Gasteiger charge is 2.22. The highest BCUT2D eigenvalue weighted by atomic mass is 32.2. The molecule has 30 heavy (non-hydrogen) atoms. The Morgan fingerprint density at radius 1 is 0.933 bits per heavy atom. The fourth-order valence-electron chi connectivity index (χ4n) is 2.91. The number of aryl methyl sites for hydroxylation is 2. The summed E-state index contributed by atoms with van der Waals surface area (Å²) in [6.45, 7) is 3.98. The summed E-state index contributed by atoms with van der Waals surface area (Å²) < 4.78 is 32.1. The Labute approximate surface area is 177 Å². The van der Waals surface area contributed by atoms with Crippen LogP contribution in [0.2, 0.25) is 0 Å². The number of carbonyl (C=O) groups is 1. The molecule has 3 rings (SSSR count). The van der Waals surface area contributed by atoms with Gasteiger partial charge in [-0.15, -0.1) is 0 Å². The molecule has 0 aliphatic heterocycles. The van der Waals surface area contributed by atoms with Crippen molar-refractivity contribution in [3.63, 3.8) is 0 Å². The van der Waals surface area contributed by atoms with Gasteiger partial charge in [0.05, 0.1) is 17.7 Å². The van der Waals surface area contributed by atoms with Gasteiger partial charge >= 0.3 is 0 Å². The van der Waals surface area contributed by atoms with E-state index in [-0.39, 0.29) is 10.8 Å². The second-order valence-electron chi connectivity index (χ2n) is 6.95. The first-order chi connectivity index (χ1) is 14.2. The van der Waals surface area contributed by atoms with Crippen molar-refractivity contribution < 1.29 is 17.9 Å². The minimum absolute atomic E-state index is 0.135. The van der Waals surface area contributed by atoms with Crippen LogP contribution in [-0.4, -0.2) is 28.5 Å². The van der Waals surface area contributed by atoms with Crippen molar-refractivity contribution in [1.29, 1.82) is 0 Å². The van der Waals surface area contributed by atoms with E-state index >= 15 is 0 Å². The van der Waals surface area contributed by atoms with Gasteiger partial charge in [0.15, 0.2) is 0 Å². The molecular weight excluding hydrogens is 400 g/mol. The van der Waals surface area contributed by atoms with E-state index in [9.17, 15) is 13.2 Å². The lowest BCUT2D eigenvalue weighted by molar-refractivity contribution is 0.102. The summed E-state index contributed by atoms with van der Waals surface area (Å²) in [5, 5.41) is 2.85. The Hall–Kier alpha value is -3.32. The minimum Gasteiger partial charge on any atom is -0.497 e. The van der Waals surface area contributed by atoms with Gasteiger partial charge < -0.3 is 10.1 Å². The van der Waals surface area contributed by atoms with E-state index in [1.165, 1.54) is 26.3 Å². The quantitative estimate of drug-likeness (QED) is 0.637. The number of rotatable bonds is 6. The molecule has 7 heteroatoms. The first-order valence-corrected chi connectivity index (χ1v) is 10.8. The molecule has 0 saturated heterocycles. The van der Waals surface area contributed by atoms with Crippen molar-refractivity contribution in [1.82, 2.24) is 0 Å². The average molecular weight is 425 g/mol. The molecule has 0 aromatic heterocycles. The largest absolute Gasteiger partial charge is 0.497 e. The van der Waals surface area contributed by atoms with Crippen molar-refractivity contribution in [2.24, 2.45) is 0 Å². The third kappa shape index (κ3) is 4.46. The number of nitrogens with one attached hydrogen (secondary N) is 1. The number of sulfonamides is 1. The molecule has 0 aliphatic carbocycles. The molecule has 0 fully saturated rings. The number of anilines is 2. The van der Waals surface area contributed by atoms with Crippen LogP contribution in [0.5, 0.6) is 5.75 Å². The summed E-state index contributed by atoms with van der Waals surface area (Å²) in [5.41, 5.74) is 3.65. The second-order valence-corrected chi connectivity index (χ2v) is 8.92. The fourth-order valence-corrected chi connectivity index (χ4v) is 4.10. The van der Waals surface area contributed by atoms with Gasteiger partial charge in [-0.25, -0.2) is 8.42 Å². The van der Waals surface area contributed by atoms with E-state index in [1.807, 2.05) is 32.0 Å². The molecule has 0 radical (unpaired) electrons. The number of hydrogen-bond acceptors (Lipinski definition) is 4. The van der Waals surface area contributed by atoms with E-state index in [0.29, 0.717) is 22.7 Å². The van der Waals surface area contributed by atoms with Gasteiger partial charge in [0.1, 0.15) is 5.75 Å². The van der Waals surface area contributed by atoms with Crippen LogP contribution in [0.15, 0.2) is 71.6 Å². The van der Waals surface area contributed by atoms with Crippen LogP contribution in [0.3, 0.4) is 0 Å². The third-order valence-electron chi connectivity index (χ3n) is 4.95. The maximum atomic E-state index is 13.0. The zero-order valence-electron chi connectivity index (χ0n) is 17.3. The summed E-state index contributed by atoms with van der Waals surface area (Å²) in [6.07, 6.45) is 0. The van der Waals surface area contributed by atoms with Crippen LogP contribution in [0, 0.1) is 13.8 Å². The van der Waals surface area contributed by atoms with Gasteiger partial charge in [-0.2, -0.15) is 0 Å². The highest BCUT2D eigenvalue weighted by Crippen LogP contribution is 2.25. The molecule has 0 aliphatic rings. The Bertz CT molecular complexity index is 1170. The maximum Gasteiger partial charge on any atom is 0.264 e. The standard InChI is InChI=1S/C23H24N2O4S/c1-16-8-9-19(14-17(16)2)24-23(26)18-6-5-7-20(15-18)25(3)30(27,28)22-12-10-21(29-4)11-13-22/h5-15H,1-4H3,(H,24,26). The normalized spacial score (nSPS) is 11.1. The van der Waals surface area contributed by atoms with Crippen LogP contribution in [0.4, 0.5) is 11.4 Å². The molecule has 1 N–H and O–H groups in total. The second kappa shape index (κ2) is 8.59. The molecule has 0 bridgehead atoms. The Morgan fingerprint density at radius 3 is 2.27 bits per heavy atom. The topological polar surface area (TPSA) is 75.7 Å². The molecule has 0 heterocycles. The molecule has 0 saturated carbocycles. The predicted molar refractivity (Wildman–Crippen MR) is 119 cm³/mol. The summed E-state index contributed by atoms with van der Waals surface area (Å²) in [5.74, 6) is 0.261. The number of nitrogens with zero attached hydrogens (tertiary/aromatic N) is 1. The zero-order valence-corrected chi connectivity index (χ0v) is 18.2. The highest BCUT2D eigenvalue weighted by molar-refractivity contribution is 7.92. The first kappa shape index (κ1) is 21.4. The Kier molecular flexibility index (Phi) is 6.12. The number of benzene rings is 3. The number of methoxy groups -OCH3 is 1. The van der Waals surface area contributed by atoms with E-state index in [4.69, 9.17) is 4.74 Å². The van der Waals surface area contributed by atoms with E-state index < -0.39 is 10.0 Å². The molecular formula is C23H24N2O4S. The Balaban J connectivity index is 1.84. The monoisotopic (exact) mass is 424 g/mol. The number of ether oxygens (including phenoxy) is 1. The molecule has 6 nitrogen and oxygen atoms in total. The van der Waals surface area contributed by atoms with Crippen LogP contribution in [0.25, 0.3) is 0 Å². The number of carbonyl (C=O) groups excluding carboxylic acids is 1. The third-order valence-corrected chi connectivity index (χ3v) is 6.75. The van der Waals surface area contributed by atoms with Crippen LogP contribution in [0.1, 0.15) is 21.5 Å². The van der Waals surface area contributed by atoms with Crippen molar-refractivity contribution in [3.8, 4) is 5.75 Å². The molecule has 3 aromatic carbocycles. The average Bonchev–Trinajstić information content (AvgIpc) is 2.75. The van der Waals surface area contributed by atoms with Crippen molar-refractivity contribution >= 4 is 27.3 Å². The predicted octanol–water partition coefficient (Wildman–Crippen LogP) is 4.39. The number of amides is 1. The van der Waals surface area contributed by atoms with Gasteiger partial charge in [0, 0.05) is 18.3 Å². The van der Waals surface area contributed by atoms with E-state index in [0.717, 1.165) is 15.4 Å². The van der Waals surface area contributed by atoms with Crippen LogP contribution in [-0.2, 0) is 10.0 Å². The van der Waals surface area contributed by atoms with E-state index in [2.05, 4.69) is 5.32 Å². The summed E-state index contributed by atoms with van der Waals surface area (Å²) >= 11 is 0. The van der Waals surface area contributed by atoms with Crippen molar-refractivity contribution in [3.05, 3.63) is 83.4 Å². The lowest BCUT2D eigenvalue weighted by Crippen LogP contribution is -2.26. The van der Waals surface area contributed by atoms with Crippen LogP contribution >= 0.6 is 0 Å². The van der Waals surface area contributed by atoms with Gasteiger partial charge in [0.2, 0.25) is 0 Å². The van der Waals surface area contributed by atoms with Gasteiger partial charge in [-0.1, -0.05) is 12.1 Å². The van der Waals surface area contributed by atoms with Gasteiger partial charge in [0.25, 0.3) is 15.9 Å². The zero-order chi connectivity index (χ0) is 21.9. The molecule has 1 amide bonds. The SMILES string of the molecule is COc1ccc(S(=O)(=O)N(C)c2cccc(C(=O)Nc3ccc(C)c(C)c3)c2)cc1. The molecule has 156 valence electrons. The summed E-state index contributed by atoms with van der Waals surface area (Å²) in [6, 6.07) is 18.3. The lowest BCUT2D eigenvalue weighted by atomic mass is 10.1. The Morgan fingerprint density at radius 2 is 1.63 bits per heavy atom. The van der Waals surface area contributed by atoms with Crippen molar-refractivity contribution in [2.45, 2.75) is 18.7 Å². The minimum atomic E-state index is -3.78. The molecule has 3 aromatic rings. The van der Waals surface area contributed by atoms with Gasteiger partial charge in [-0.05, 0) is 79.6 Å². The van der Waals surface area contributed by atoms with Crippen LogP contribution < -0.4 is 14.4 Å². The lowest BCUT2D eigenvalue weighted by Gasteiger charge is -2.20. The smallest absolute Gasteiger partial charge is 0.264 e. The summed E-state index contributed by atoms with van der Waals surface area (Å²) in [7, 11) is -0.806. The summed E-state index contributed by atoms with van der Waals surface area (Å²) in [4.78, 5) is 12.8. The van der Waals surface area contributed by atoms with Crippen molar-refractivity contribution in [2.75, 3.05) is 23.8 Å².